The molecular formula is C42H25B2N3O2. The highest BCUT2D eigenvalue weighted by atomic mass is 16.5. The van der Waals surface area contributed by atoms with Gasteiger partial charge in [0.25, 0.3) is 6.71 Å². The minimum absolute atomic E-state index is 0.0138. The van der Waals surface area contributed by atoms with Gasteiger partial charge in [-0.2, -0.15) is 0 Å². The Morgan fingerprint density at radius 1 is 0.408 bits per heavy atom. The van der Waals surface area contributed by atoms with Crippen molar-refractivity contribution >= 4 is 92.5 Å². The summed E-state index contributed by atoms with van der Waals surface area (Å²) in [5, 5.41) is 0. The van der Waals surface area contributed by atoms with Crippen LogP contribution in [0.5, 0.6) is 23.0 Å². The standard InChI is InChI=1S/C42H25B2N3O2/c1-3-15-30-26(11-1)43-27-12-2-4-16-31(27)45(30)25-23-34-40-35(24-25)47-33-18-6-8-20-37(33)49-39-22-10-14-29(42(39)47)44(40)28-13-9-21-38-41(28)46(34)32-17-5-7-19-36(32)48-38/h1-24,43H. The minimum Gasteiger partial charge on any atom is -0.453 e. The maximum Gasteiger partial charge on any atom is 0.252 e. The van der Waals surface area contributed by atoms with Crippen molar-refractivity contribution < 1.29 is 9.47 Å². The van der Waals surface area contributed by atoms with Crippen LogP contribution in [0.4, 0.5) is 51.2 Å². The Morgan fingerprint density at radius 2 is 0.857 bits per heavy atom. The number of hydrogen-bond acceptors (Lipinski definition) is 5. The van der Waals surface area contributed by atoms with E-state index in [-0.39, 0.29) is 6.71 Å². The largest absolute Gasteiger partial charge is 0.453 e. The molecule has 0 atom stereocenters. The topological polar surface area (TPSA) is 28.2 Å². The van der Waals surface area contributed by atoms with Gasteiger partial charge in [0.05, 0.1) is 28.4 Å². The molecule has 0 fully saturated rings. The monoisotopic (exact) mass is 625 g/mol. The van der Waals surface area contributed by atoms with Gasteiger partial charge in [0.2, 0.25) is 0 Å². The molecule has 0 bridgehead atoms. The van der Waals surface area contributed by atoms with Crippen molar-refractivity contribution in [3.8, 4) is 23.0 Å². The zero-order valence-corrected chi connectivity index (χ0v) is 26.3. The number of nitrogens with zero attached hydrogens (tertiary/aromatic N) is 3. The van der Waals surface area contributed by atoms with Crippen LogP contribution in [0.3, 0.4) is 0 Å². The molecule has 226 valence electrons. The Labute approximate surface area is 284 Å². The molecule has 5 aliphatic heterocycles. The first-order chi connectivity index (χ1) is 24.3. The summed E-state index contributed by atoms with van der Waals surface area (Å²) < 4.78 is 13.3. The van der Waals surface area contributed by atoms with Crippen LogP contribution in [-0.2, 0) is 0 Å². The fraction of sp³-hybridized carbons (Fsp3) is 0. The number of hydrogen-bond donors (Lipinski definition) is 0. The Balaban J connectivity index is 1.23. The molecule has 0 N–H and O–H groups in total. The molecule has 7 aromatic rings. The zero-order valence-electron chi connectivity index (χ0n) is 26.3. The SMILES string of the molecule is B1c2ccccc2N(c2cc3c4c(c2)N2c5ccccc5Oc5cccc(c52)B4c2cccc4c2N3c2ccccc2O4)c2ccccc21. The smallest absolute Gasteiger partial charge is 0.252 e. The van der Waals surface area contributed by atoms with E-state index in [0.29, 0.717) is 0 Å². The summed E-state index contributed by atoms with van der Waals surface area (Å²) in [6.45, 7) is -0.0138. The van der Waals surface area contributed by atoms with Crippen LogP contribution in [0.1, 0.15) is 0 Å². The predicted molar refractivity (Wildman–Crippen MR) is 202 cm³/mol. The van der Waals surface area contributed by atoms with E-state index in [9.17, 15) is 0 Å². The number of benzene rings is 7. The number of ether oxygens (including phenoxy) is 2. The second-order valence-electron chi connectivity index (χ2n) is 13.3. The van der Waals surface area contributed by atoms with Crippen LogP contribution in [0, 0.1) is 0 Å². The van der Waals surface area contributed by atoms with Gasteiger partial charge in [-0.15, -0.1) is 0 Å². The third-order valence-electron chi connectivity index (χ3n) is 10.8. The van der Waals surface area contributed by atoms with Crippen LogP contribution in [0.25, 0.3) is 0 Å². The molecule has 7 aromatic carbocycles. The molecule has 0 saturated carbocycles. The van der Waals surface area contributed by atoms with Gasteiger partial charge >= 0.3 is 0 Å². The first-order valence-electron chi connectivity index (χ1n) is 16.9. The lowest BCUT2D eigenvalue weighted by atomic mass is 9.33. The van der Waals surface area contributed by atoms with Crippen molar-refractivity contribution in [1.29, 1.82) is 0 Å². The maximum atomic E-state index is 6.64. The Kier molecular flexibility index (Phi) is 4.82. The number of rotatable bonds is 1. The zero-order chi connectivity index (χ0) is 31.8. The van der Waals surface area contributed by atoms with Crippen LogP contribution in [-0.4, -0.2) is 14.0 Å². The molecule has 49 heavy (non-hydrogen) atoms. The van der Waals surface area contributed by atoms with E-state index in [1.54, 1.807) is 0 Å². The highest BCUT2D eigenvalue weighted by molar-refractivity contribution is 7.00. The lowest BCUT2D eigenvalue weighted by Crippen LogP contribution is -2.62. The van der Waals surface area contributed by atoms with Crippen molar-refractivity contribution in [3.63, 3.8) is 0 Å². The highest BCUT2D eigenvalue weighted by Crippen LogP contribution is 2.57. The summed E-state index contributed by atoms with van der Waals surface area (Å²) in [6.07, 6.45) is 0. The summed E-state index contributed by atoms with van der Waals surface area (Å²) in [4.78, 5) is 7.36. The van der Waals surface area contributed by atoms with Gasteiger partial charge in [0, 0.05) is 22.7 Å². The van der Waals surface area contributed by atoms with Gasteiger partial charge in [-0.3, -0.25) is 0 Å². The molecule has 0 radical (unpaired) electrons. The van der Waals surface area contributed by atoms with E-state index >= 15 is 0 Å². The lowest BCUT2D eigenvalue weighted by Gasteiger charge is -2.47. The molecule has 0 aliphatic carbocycles. The van der Waals surface area contributed by atoms with E-state index in [1.807, 2.05) is 0 Å². The average Bonchev–Trinajstić information content (AvgIpc) is 3.15. The molecule has 0 aromatic heterocycles. The number of para-hydroxylation sites is 8. The third kappa shape index (κ3) is 3.27. The van der Waals surface area contributed by atoms with Crippen LogP contribution in [0.2, 0.25) is 0 Å². The minimum atomic E-state index is -0.0138. The van der Waals surface area contributed by atoms with Gasteiger partial charge < -0.3 is 24.2 Å². The predicted octanol–water partition coefficient (Wildman–Crippen LogP) is 7.15. The van der Waals surface area contributed by atoms with Crippen LogP contribution in [0.15, 0.2) is 146 Å². The fourth-order valence-corrected chi connectivity index (χ4v) is 8.87. The maximum absolute atomic E-state index is 6.64. The average molecular weight is 625 g/mol. The molecular weight excluding hydrogens is 600 g/mol. The molecule has 0 spiro atoms. The summed E-state index contributed by atoms with van der Waals surface area (Å²) in [5.41, 5.74) is 16.5. The first-order valence-corrected chi connectivity index (χ1v) is 16.9. The van der Waals surface area contributed by atoms with Gasteiger partial charge in [-0.05, 0) is 77.1 Å². The van der Waals surface area contributed by atoms with Crippen LogP contribution >= 0.6 is 0 Å². The Hall–Kier alpha value is -6.33. The first kappa shape index (κ1) is 25.7. The molecule has 0 saturated heterocycles. The molecule has 5 heterocycles. The molecule has 7 heteroatoms. The second-order valence-corrected chi connectivity index (χ2v) is 13.3. The third-order valence-corrected chi connectivity index (χ3v) is 10.8. The van der Waals surface area contributed by atoms with Crippen molar-refractivity contribution in [1.82, 2.24) is 0 Å². The summed E-state index contributed by atoms with van der Waals surface area (Å²) >= 11 is 0. The molecule has 5 nitrogen and oxygen atoms in total. The molecule has 0 amide bonds. The summed E-state index contributed by atoms with van der Waals surface area (Å²) in [5.74, 6) is 3.45. The van der Waals surface area contributed by atoms with E-state index in [1.165, 1.54) is 38.7 Å². The van der Waals surface area contributed by atoms with E-state index in [2.05, 4.69) is 160 Å². The van der Waals surface area contributed by atoms with Gasteiger partial charge in [-0.25, -0.2) is 0 Å². The van der Waals surface area contributed by atoms with Crippen molar-refractivity contribution in [3.05, 3.63) is 146 Å². The highest BCUT2D eigenvalue weighted by Gasteiger charge is 2.48. The fourth-order valence-electron chi connectivity index (χ4n) is 8.87. The van der Waals surface area contributed by atoms with E-state index in [0.717, 1.165) is 70.1 Å². The summed E-state index contributed by atoms with van der Waals surface area (Å²) in [7, 11) is 0.907. The van der Waals surface area contributed by atoms with Gasteiger partial charge in [0.1, 0.15) is 0 Å². The van der Waals surface area contributed by atoms with Crippen LogP contribution < -0.4 is 51.5 Å². The molecule has 0 unspecified atom stereocenters. The quantitative estimate of drug-likeness (QED) is 0.181. The molecule has 12 rings (SSSR count). The van der Waals surface area contributed by atoms with E-state index < -0.39 is 0 Å². The van der Waals surface area contributed by atoms with Gasteiger partial charge in [-0.1, -0.05) is 95.9 Å². The van der Waals surface area contributed by atoms with Crippen molar-refractivity contribution in [2.75, 3.05) is 14.7 Å². The van der Waals surface area contributed by atoms with Crippen molar-refractivity contribution in [2.45, 2.75) is 0 Å². The second kappa shape index (κ2) is 9.18. The number of anilines is 9. The van der Waals surface area contributed by atoms with Gasteiger partial charge in [0.15, 0.2) is 30.3 Å². The van der Waals surface area contributed by atoms with E-state index in [4.69, 9.17) is 9.47 Å². The number of fused-ring (bicyclic) bond motifs is 10. The Morgan fingerprint density at radius 3 is 1.39 bits per heavy atom. The lowest BCUT2D eigenvalue weighted by molar-refractivity contribution is 0.477. The van der Waals surface area contributed by atoms with Crippen molar-refractivity contribution in [2.24, 2.45) is 0 Å². The normalized spacial score (nSPS) is 14.4. The summed E-state index contributed by atoms with van der Waals surface area (Å²) in [6, 6.07) is 52.3. The Bertz CT molecular complexity index is 2430. The molecule has 5 aliphatic rings.